The number of ether oxygens (including phenoxy) is 1. The zero-order valence-electron chi connectivity index (χ0n) is 14.9. The van der Waals surface area contributed by atoms with Crippen molar-refractivity contribution in [3.05, 3.63) is 29.8 Å². The first-order valence-corrected chi connectivity index (χ1v) is 10.0. The van der Waals surface area contributed by atoms with Crippen molar-refractivity contribution in [2.45, 2.75) is 43.2 Å². The molecule has 2 rings (SSSR count). The number of rotatable bonds is 9. The number of carbonyl (C=O) groups excluding carboxylic acids is 1. The fourth-order valence-corrected chi connectivity index (χ4v) is 4.10. The minimum atomic E-state index is -3.58. The van der Waals surface area contributed by atoms with Gasteiger partial charge in [0.15, 0.2) is 0 Å². The first-order chi connectivity index (χ1) is 11.9. The normalized spacial score (nSPS) is 19.8. The van der Waals surface area contributed by atoms with Crippen LogP contribution < -0.4 is 15.8 Å². The number of amides is 1. The maximum atomic E-state index is 12.2. The quantitative estimate of drug-likeness (QED) is 0.534. The Bertz CT molecular complexity index is 684. The first-order valence-electron chi connectivity index (χ1n) is 8.52. The average molecular weight is 406 g/mol. The molecule has 1 fully saturated rings. The van der Waals surface area contributed by atoms with E-state index < -0.39 is 10.0 Å². The zero-order chi connectivity index (χ0) is 18.3. The number of nitrogens with two attached hydrogens (primary N) is 1. The summed E-state index contributed by atoms with van der Waals surface area (Å²) < 4.78 is 31.7. The molecule has 7 nitrogen and oxygen atoms in total. The predicted octanol–water partition coefficient (Wildman–Crippen LogP) is 1.17. The summed E-state index contributed by atoms with van der Waals surface area (Å²) in [4.78, 5) is 12.2. The van der Waals surface area contributed by atoms with Gasteiger partial charge < -0.3 is 15.8 Å². The van der Waals surface area contributed by atoms with Crippen molar-refractivity contribution in [2.24, 2.45) is 11.7 Å². The van der Waals surface area contributed by atoms with Gasteiger partial charge in [0.1, 0.15) is 0 Å². The Kier molecular flexibility index (Phi) is 9.52. The van der Waals surface area contributed by atoms with Gasteiger partial charge in [0.2, 0.25) is 15.9 Å². The largest absolute Gasteiger partial charge is 0.383 e. The van der Waals surface area contributed by atoms with E-state index in [9.17, 15) is 13.2 Å². The second-order valence-electron chi connectivity index (χ2n) is 6.37. The minimum Gasteiger partial charge on any atom is -0.383 e. The van der Waals surface area contributed by atoms with Gasteiger partial charge in [-0.1, -0.05) is 18.6 Å². The highest BCUT2D eigenvalue weighted by Gasteiger charge is 2.25. The predicted molar refractivity (Wildman–Crippen MR) is 103 cm³/mol. The fourth-order valence-electron chi connectivity index (χ4n) is 3.01. The molecule has 1 aromatic rings. The number of halogens is 1. The topological polar surface area (TPSA) is 111 Å². The Labute approximate surface area is 161 Å². The molecule has 2 atom stereocenters. The Morgan fingerprint density at radius 2 is 2.12 bits per heavy atom. The van der Waals surface area contributed by atoms with Crippen molar-refractivity contribution in [1.29, 1.82) is 0 Å². The Morgan fingerprint density at radius 1 is 1.35 bits per heavy atom. The number of methoxy groups -OCH3 is 1. The average Bonchev–Trinajstić information content (AvgIpc) is 2.98. The van der Waals surface area contributed by atoms with Crippen molar-refractivity contribution in [1.82, 2.24) is 10.0 Å². The van der Waals surface area contributed by atoms with Crippen LogP contribution in [0.25, 0.3) is 0 Å². The lowest BCUT2D eigenvalue weighted by Gasteiger charge is -2.15. The van der Waals surface area contributed by atoms with Crippen molar-refractivity contribution in [3.8, 4) is 0 Å². The molecule has 0 saturated heterocycles. The number of benzene rings is 1. The van der Waals surface area contributed by atoms with Gasteiger partial charge >= 0.3 is 0 Å². The first kappa shape index (κ1) is 22.9. The van der Waals surface area contributed by atoms with Gasteiger partial charge in [-0.15, -0.1) is 12.4 Å². The number of hydrogen-bond acceptors (Lipinski definition) is 5. The lowest BCUT2D eigenvalue weighted by Crippen LogP contribution is -2.31. The molecule has 148 valence electrons. The minimum absolute atomic E-state index is 0. The molecule has 26 heavy (non-hydrogen) atoms. The fraction of sp³-hybridized carbons (Fsp3) is 0.588. The Hall–Kier alpha value is -1.19. The molecule has 4 N–H and O–H groups in total. The molecule has 0 aliphatic heterocycles. The standard InChI is InChI=1S/C17H27N3O4S.ClH/c1-24-9-8-20-25(22,23)15-6-2-4-13(10-15)12-19-17(21)11-14-5-3-7-16(14)18;/h2,4,6,10,14,16,20H,3,5,7-9,11-12,18H2,1H3,(H,19,21);1H/t14-,16+;/m0./s1. The Morgan fingerprint density at radius 3 is 2.77 bits per heavy atom. The third-order valence-electron chi connectivity index (χ3n) is 4.46. The molecule has 1 aliphatic carbocycles. The molecule has 0 radical (unpaired) electrons. The van der Waals surface area contributed by atoms with E-state index in [2.05, 4.69) is 10.0 Å². The van der Waals surface area contributed by atoms with Gasteiger partial charge in [0.05, 0.1) is 11.5 Å². The summed E-state index contributed by atoms with van der Waals surface area (Å²) in [6, 6.07) is 6.65. The van der Waals surface area contributed by atoms with E-state index in [1.165, 1.54) is 13.2 Å². The lowest BCUT2D eigenvalue weighted by molar-refractivity contribution is -0.122. The van der Waals surface area contributed by atoms with Crippen LogP contribution in [-0.4, -0.2) is 40.6 Å². The van der Waals surface area contributed by atoms with Gasteiger partial charge in [-0.05, 0) is 36.5 Å². The number of nitrogens with one attached hydrogen (secondary N) is 2. The zero-order valence-corrected chi connectivity index (χ0v) is 16.6. The molecule has 1 amide bonds. The lowest BCUT2D eigenvalue weighted by atomic mass is 10.00. The van der Waals surface area contributed by atoms with E-state index in [1.807, 2.05) is 0 Å². The Balaban J connectivity index is 0.00000338. The molecular formula is C17H28ClN3O4S. The summed E-state index contributed by atoms with van der Waals surface area (Å²) in [5, 5.41) is 2.85. The van der Waals surface area contributed by atoms with Crippen molar-refractivity contribution in [2.75, 3.05) is 20.3 Å². The third kappa shape index (κ3) is 6.85. The molecule has 1 aliphatic rings. The van der Waals surface area contributed by atoms with Crippen LogP contribution in [-0.2, 0) is 26.1 Å². The van der Waals surface area contributed by atoms with Crippen LogP contribution in [0.15, 0.2) is 29.2 Å². The van der Waals surface area contributed by atoms with E-state index in [0.29, 0.717) is 19.6 Å². The van der Waals surface area contributed by atoms with Gasteiger partial charge in [0.25, 0.3) is 0 Å². The SMILES string of the molecule is COCCNS(=O)(=O)c1cccc(CNC(=O)C[C@@H]2CCC[C@H]2N)c1.Cl. The van der Waals surface area contributed by atoms with Crippen molar-refractivity contribution < 1.29 is 17.9 Å². The highest BCUT2D eigenvalue weighted by atomic mass is 35.5. The second kappa shape index (κ2) is 10.8. The van der Waals surface area contributed by atoms with Crippen LogP contribution in [0.2, 0.25) is 0 Å². The summed E-state index contributed by atoms with van der Waals surface area (Å²) in [6.07, 6.45) is 3.48. The van der Waals surface area contributed by atoms with Gasteiger partial charge in [0, 0.05) is 32.7 Å². The van der Waals surface area contributed by atoms with Crippen LogP contribution in [0.5, 0.6) is 0 Å². The van der Waals surface area contributed by atoms with Crippen LogP contribution >= 0.6 is 12.4 Å². The molecule has 0 spiro atoms. The number of carbonyl (C=O) groups is 1. The molecule has 0 heterocycles. The maximum Gasteiger partial charge on any atom is 0.240 e. The maximum absolute atomic E-state index is 12.2. The van der Waals surface area contributed by atoms with Crippen LogP contribution in [0, 0.1) is 5.92 Å². The van der Waals surface area contributed by atoms with Crippen LogP contribution in [0.1, 0.15) is 31.2 Å². The molecule has 0 aromatic heterocycles. The van der Waals surface area contributed by atoms with Gasteiger partial charge in [-0.2, -0.15) is 0 Å². The summed E-state index contributed by atoms with van der Waals surface area (Å²) in [5.74, 6) is 0.200. The van der Waals surface area contributed by atoms with E-state index in [1.54, 1.807) is 18.2 Å². The van der Waals surface area contributed by atoms with E-state index in [0.717, 1.165) is 24.8 Å². The van der Waals surface area contributed by atoms with Gasteiger partial charge in [-0.25, -0.2) is 13.1 Å². The summed E-state index contributed by atoms with van der Waals surface area (Å²) in [6.45, 7) is 0.807. The highest BCUT2D eigenvalue weighted by Crippen LogP contribution is 2.26. The molecule has 0 bridgehead atoms. The number of sulfonamides is 1. The molecule has 1 saturated carbocycles. The van der Waals surface area contributed by atoms with E-state index in [4.69, 9.17) is 10.5 Å². The van der Waals surface area contributed by atoms with Crippen LogP contribution in [0.3, 0.4) is 0 Å². The smallest absolute Gasteiger partial charge is 0.240 e. The molecule has 0 unspecified atom stereocenters. The third-order valence-corrected chi connectivity index (χ3v) is 5.92. The summed E-state index contributed by atoms with van der Waals surface area (Å²) in [5.41, 5.74) is 6.72. The van der Waals surface area contributed by atoms with Gasteiger partial charge in [-0.3, -0.25) is 4.79 Å². The van der Waals surface area contributed by atoms with Crippen LogP contribution in [0.4, 0.5) is 0 Å². The number of hydrogen-bond donors (Lipinski definition) is 3. The van der Waals surface area contributed by atoms with Crippen molar-refractivity contribution in [3.63, 3.8) is 0 Å². The van der Waals surface area contributed by atoms with E-state index in [-0.39, 0.29) is 41.7 Å². The second-order valence-corrected chi connectivity index (χ2v) is 8.14. The molecular weight excluding hydrogens is 378 g/mol. The van der Waals surface area contributed by atoms with E-state index >= 15 is 0 Å². The monoisotopic (exact) mass is 405 g/mol. The highest BCUT2D eigenvalue weighted by molar-refractivity contribution is 7.89. The molecule has 1 aromatic carbocycles. The van der Waals surface area contributed by atoms with Crippen molar-refractivity contribution >= 4 is 28.3 Å². The summed E-state index contributed by atoms with van der Waals surface area (Å²) in [7, 11) is -2.07. The molecule has 9 heteroatoms. The summed E-state index contributed by atoms with van der Waals surface area (Å²) >= 11 is 0.